The zero-order valence-electron chi connectivity index (χ0n) is 15.2. The van der Waals surface area contributed by atoms with Crippen LogP contribution in [0.3, 0.4) is 0 Å². The van der Waals surface area contributed by atoms with E-state index in [1.807, 2.05) is 32.0 Å². The second kappa shape index (κ2) is 9.01. The van der Waals surface area contributed by atoms with Crippen molar-refractivity contribution in [1.82, 2.24) is 0 Å². The molecule has 0 spiro atoms. The minimum absolute atomic E-state index is 0.0986. The Kier molecular flexibility index (Phi) is 6.74. The van der Waals surface area contributed by atoms with E-state index in [4.69, 9.17) is 9.47 Å². The van der Waals surface area contributed by atoms with E-state index in [1.165, 1.54) is 19.2 Å². The van der Waals surface area contributed by atoms with Crippen LogP contribution in [-0.4, -0.2) is 30.7 Å². The Bertz CT molecular complexity index is 801. The summed E-state index contributed by atoms with van der Waals surface area (Å²) in [7, 11) is 1.52. The van der Waals surface area contributed by atoms with Gasteiger partial charge in [0.1, 0.15) is 5.75 Å². The predicted molar refractivity (Wildman–Crippen MR) is 98.8 cm³/mol. The fourth-order valence-electron chi connectivity index (χ4n) is 2.48. The topological polar surface area (TPSA) is 84.9 Å². The first-order valence-electron chi connectivity index (χ1n) is 8.25. The number of rotatable bonds is 8. The zero-order chi connectivity index (χ0) is 19.1. The van der Waals surface area contributed by atoms with Gasteiger partial charge in [0, 0.05) is 12.8 Å². The van der Waals surface area contributed by atoms with Crippen molar-refractivity contribution in [2.45, 2.75) is 26.9 Å². The van der Waals surface area contributed by atoms with Gasteiger partial charge in [0.2, 0.25) is 5.91 Å². The number of nitrogens with one attached hydrogen (secondary N) is 1. The van der Waals surface area contributed by atoms with Crippen molar-refractivity contribution in [3.05, 3.63) is 58.7 Å². The van der Waals surface area contributed by atoms with Crippen LogP contribution in [0.15, 0.2) is 36.4 Å². The number of aromatic carboxylic acids is 1. The quantitative estimate of drug-likeness (QED) is 0.755. The molecular weight excluding hydrogens is 334 g/mol. The Hall–Kier alpha value is -2.86. The third-order valence-electron chi connectivity index (χ3n) is 3.76. The number of amides is 1. The molecule has 0 aliphatic carbocycles. The van der Waals surface area contributed by atoms with E-state index in [0.29, 0.717) is 11.3 Å². The third-order valence-corrected chi connectivity index (χ3v) is 3.76. The number of methoxy groups -OCH3 is 1. The Morgan fingerprint density at radius 3 is 2.58 bits per heavy atom. The molecule has 0 radical (unpaired) electrons. The van der Waals surface area contributed by atoms with E-state index in [2.05, 4.69) is 5.32 Å². The van der Waals surface area contributed by atoms with Crippen molar-refractivity contribution in [3.63, 3.8) is 0 Å². The number of hydrogen-bond donors (Lipinski definition) is 2. The summed E-state index contributed by atoms with van der Waals surface area (Å²) in [5.41, 5.74) is 3.30. The lowest BCUT2D eigenvalue weighted by atomic mass is 10.1. The Labute approximate surface area is 152 Å². The number of hydrogen-bond acceptors (Lipinski definition) is 4. The molecule has 0 heterocycles. The van der Waals surface area contributed by atoms with E-state index in [1.54, 1.807) is 6.07 Å². The van der Waals surface area contributed by atoms with E-state index in [9.17, 15) is 14.7 Å². The first-order chi connectivity index (χ1) is 12.4. The summed E-state index contributed by atoms with van der Waals surface area (Å²) in [6.07, 6.45) is 0.157. The molecule has 2 aromatic carbocycles. The van der Waals surface area contributed by atoms with Crippen LogP contribution < -0.4 is 10.1 Å². The molecule has 2 aromatic rings. The number of carboxylic acids is 1. The second-order valence-electron chi connectivity index (χ2n) is 6.07. The van der Waals surface area contributed by atoms with Crippen LogP contribution in [0.25, 0.3) is 0 Å². The highest BCUT2D eigenvalue weighted by Gasteiger charge is 2.10. The van der Waals surface area contributed by atoms with Gasteiger partial charge in [0.25, 0.3) is 0 Å². The lowest BCUT2D eigenvalue weighted by molar-refractivity contribution is -0.116. The van der Waals surface area contributed by atoms with E-state index in [0.717, 1.165) is 16.9 Å². The fraction of sp³-hybridized carbons (Fsp3) is 0.300. The summed E-state index contributed by atoms with van der Waals surface area (Å²) in [6, 6.07) is 10.5. The number of benzene rings is 2. The highest BCUT2D eigenvalue weighted by Crippen LogP contribution is 2.20. The predicted octanol–water partition coefficient (Wildman–Crippen LogP) is 3.56. The molecule has 2 rings (SSSR count). The number of aryl methyl sites for hydroxylation is 2. The number of carbonyl (C=O) groups excluding carboxylic acids is 1. The summed E-state index contributed by atoms with van der Waals surface area (Å²) in [6.45, 7) is 4.43. The van der Waals surface area contributed by atoms with E-state index in [-0.39, 0.29) is 31.1 Å². The van der Waals surface area contributed by atoms with Gasteiger partial charge < -0.3 is 19.9 Å². The molecule has 1 amide bonds. The van der Waals surface area contributed by atoms with E-state index >= 15 is 0 Å². The minimum atomic E-state index is -1.06. The second-order valence-corrected chi connectivity index (χ2v) is 6.07. The van der Waals surface area contributed by atoms with Crippen molar-refractivity contribution >= 4 is 17.6 Å². The molecule has 0 aliphatic rings. The SMILES string of the molecule is COCc1cc(NC(=O)CCOc2cc(C)ccc2C)cc(C(=O)O)c1. The smallest absolute Gasteiger partial charge is 0.335 e. The van der Waals surface area contributed by atoms with Gasteiger partial charge >= 0.3 is 5.97 Å². The highest BCUT2D eigenvalue weighted by molar-refractivity contribution is 5.94. The average Bonchev–Trinajstić information content (AvgIpc) is 2.58. The third kappa shape index (κ3) is 5.60. The number of carbonyl (C=O) groups is 2. The minimum Gasteiger partial charge on any atom is -0.493 e. The van der Waals surface area contributed by atoms with Crippen LogP contribution in [0.1, 0.15) is 33.5 Å². The van der Waals surface area contributed by atoms with Gasteiger partial charge in [-0.3, -0.25) is 4.79 Å². The molecule has 0 bridgehead atoms. The normalized spacial score (nSPS) is 10.4. The molecule has 0 aliphatic heterocycles. The number of carboxylic acid groups (broad SMARTS) is 1. The van der Waals surface area contributed by atoms with Crippen molar-refractivity contribution in [2.75, 3.05) is 19.0 Å². The maximum atomic E-state index is 12.1. The average molecular weight is 357 g/mol. The van der Waals surface area contributed by atoms with Crippen molar-refractivity contribution < 1.29 is 24.2 Å². The molecule has 26 heavy (non-hydrogen) atoms. The summed E-state index contributed by atoms with van der Waals surface area (Å²) >= 11 is 0. The fourth-order valence-corrected chi connectivity index (χ4v) is 2.48. The Morgan fingerprint density at radius 2 is 1.88 bits per heavy atom. The maximum absolute atomic E-state index is 12.1. The molecule has 0 saturated carbocycles. The van der Waals surface area contributed by atoms with Crippen LogP contribution in [0, 0.1) is 13.8 Å². The standard InChI is InChI=1S/C20H23NO5/c1-13-4-5-14(2)18(8-13)26-7-6-19(22)21-17-10-15(12-25-3)9-16(11-17)20(23)24/h4-5,8-11H,6-7,12H2,1-3H3,(H,21,22)(H,23,24). The van der Waals surface area contributed by atoms with Gasteiger partial charge in [0.15, 0.2) is 0 Å². The van der Waals surface area contributed by atoms with Gasteiger partial charge in [-0.1, -0.05) is 12.1 Å². The van der Waals surface area contributed by atoms with Crippen LogP contribution >= 0.6 is 0 Å². The summed E-state index contributed by atoms with van der Waals surface area (Å²) in [4.78, 5) is 23.3. The van der Waals surface area contributed by atoms with Gasteiger partial charge in [-0.05, 0) is 54.8 Å². The molecule has 2 N–H and O–H groups in total. The first-order valence-corrected chi connectivity index (χ1v) is 8.25. The molecule has 0 fully saturated rings. The summed E-state index contributed by atoms with van der Waals surface area (Å²) < 4.78 is 10.7. The molecule has 6 heteroatoms. The molecule has 0 aromatic heterocycles. The Balaban J connectivity index is 1.96. The van der Waals surface area contributed by atoms with Crippen molar-refractivity contribution in [3.8, 4) is 5.75 Å². The largest absolute Gasteiger partial charge is 0.493 e. The summed E-state index contributed by atoms with van der Waals surface area (Å²) in [5, 5.41) is 11.9. The monoisotopic (exact) mass is 357 g/mol. The van der Waals surface area contributed by atoms with Crippen molar-refractivity contribution in [1.29, 1.82) is 0 Å². The molecule has 0 saturated heterocycles. The number of ether oxygens (including phenoxy) is 2. The van der Waals surface area contributed by atoms with Crippen LogP contribution in [-0.2, 0) is 16.1 Å². The van der Waals surface area contributed by atoms with Gasteiger partial charge in [-0.2, -0.15) is 0 Å². The van der Waals surface area contributed by atoms with Crippen LogP contribution in [0.4, 0.5) is 5.69 Å². The van der Waals surface area contributed by atoms with Crippen LogP contribution in [0.5, 0.6) is 5.75 Å². The molecule has 0 unspecified atom stereocenters. The Morgan fingerprint density at radius 1 is 1.12 bits per heavy atom. The molecule has 6 nitrogen and oxygen atoms in total. The van der Waals surface area contributed by atoms with Gasteiger partial charge in [-0.15, -0.1) is 0 Å². The summed E-state index contributed by atoms with van der Waals surface area (Å²) in [5.74, 6) is -0.550. The number of anilines is 1. The maximum Gasteiger partial charge on any atom is 0.335 e. The molecule has 138 valence electrons. The molecule has 0 atom stereocenters. The van der Waals surface area contributed by atoms with Crippen molar-refractivity contribution in [2.24, 2.45) is 0 Å². The van der Waals surface area contributed by atoms with Gasteiger partial charge in [-0.25, -0.2) is 4.79 Å². The zero-order valence-corrected chi connectivity index (χ0v) is 15.2. The molecular formula is C20H23NO5. The lowest BCUT2D eigenvalue weighted by Crippen LogP contribution is -2.16. The van der Waals surface area contributed by atoms with Gasteiger partial charge in [0.05, 0.1) is 25.2 Å². The van der Waals surface area contributed by atoms with E-state index < -0.39 is 5.97 Å². The van der Waals surface area contributed by atoms with Crippen LogP contribution in [0.2, 0.25) is 0 Å². The first kappa shape index (κ1) is 19.5. The highest BCUT2D eigenvalue weighted by atomic mass is 16.5. The lowest BCUT2D eigenvalue weighted by Gasteiger charge is -2.11.